The van der Waals surface area contributed by atoms with E-state index in [1.165, 1.54) is 13.2 Å². The van der Waals surface area contributed by atoms with Crippen molar-refractivity contribution in [3.63, 3.8) is 0 Å². The van der Waals surface area contributed by atoms with E-state index in [4.69, 9.17) is 4.74 Å². The molecular weight excluding hydrogens is 187 g/mol. The number of anilines is 1. The van der Waals surface area contributed by atoms with Crippen LogP contribution in [0.4, 0.5) is 15.8 Å². The average molecular weight is 198 g/mol. The van der Waals surface area contributed by atoms with Gasteiger partial charge in [0.2, 0.25) is 0 Å². The number of halogens is 1. The zero-order chi connectivity index (χ0) is 10.7. The van der Waals surface area contributed by atoms with Crippen LogP contribution in [0.1, 0.15) is 0 Å². The van der Waals surface area contributed by atoms with Crippen LogP contribution in [0.5, 0.6) is 5.75 Å². The third kappa shape index (κ3) is 1.76. The van der Waals surface area contributed by atoms with E-state index in [1.54, 1.807) is 7.05 Å². The highest BCUT2D eigenvalue weighted by Gasteiger charge is 2.14. The zero-order valence-electron chi connectivity index (χ0n) is 8.00. The Morgan fingerprint density at radius 1 is 1.57 bits per heavy atom. The zero-order valence-corrected chi connectivity index (χ0v) is 8.00. The molecule has 1 aromatic rings. The smallest absolute Gasteiger partial charge is 0.254 e. The van der Waals surface area contributed by atoms with Gasteiger partial charge >= 0.3 is 0 Å². The second kappa shape index (κ2) is 3.95. The Bertz CT molecular complexity index is 366. The second-order valence-corrected chi connectivity index (χ2v) is 2.63. The van der Waals surface area contributed by atoms with Crippen LogP contribution in [0.15, 0.2) is 12.1 Å². The molecule has 0 spiro atoms. The molecule has 5 heteroatoms. The molecule has 0 bridgehead atoms. The van der Waals surface area contributed by atoms with Gasteiger partial charge in [0, 0.05) is 19.2 Å². The van der Waals surface area contributed by atoms with E-state index in [9.17, 15) is 9.60 Å². The molecule has 0 atom stereocenters. The first-order valence-electron chi connectivity index (χ1n) is 3.93. The number of benzene rings is 1. The van der Waals surface area contributed by atoms with Crippen molar-refractivity contribution in [3.8, 4) is 5.75 Å². The predicted molar refractivity (Wildman–Crippen MR) is 52.9 cm³/mol. The third-order valence-electron chi connectivity index (χ3n) is 1.81. The second-order valence-electron chi connectivity index (χ2n) is 2.63. The lowest BCUT2D eigenvalue weighted by molar-refractivity contribution is -0.352. The highest BCUT2D eigenvalue weighted by Crippen LogP contribution is 2.30. The first kappa shape index (κ1) is 10.3. The molecule has 0 heterocycles. The van der Waals surface area contributed by atoms with E-state index in [1.807, 2.05) is 0 Å². The molecule has 1 aromatic carbocycles. The largest absolute Gasteiger partial charge is 0.619 e. The van der Waals surface area contributed by atoms with Gasteiger partial charge in [-0.05, 0) is 0 Å². The topological polar surface area (TPSA) is 47.3 Å². The summed E-state index contributed by atoms with van der Waals surface area (Å²) in [7, 11) is 3.08. The summed E-state index contributed by atoms with van der Waals surface area (Å²) in [6, 6.07) is 2.48. The number of hydrogen-bond donors (Lipinski definition) is 1. The van der Waals surface area contributed by atoms with Gasteiger partial charge in [-0.25, -0.2) is 0 Å². The summed E-state index contributed by atoms with van der Waals surface area (Å²) in [5, 5.41) is 13.6. The van der Waals surface area contributed by atoms with E-state index < -0.39 is 5.82 Å². The number of ether oxygens (including phenoxy) is 1. The van der Waals surface area contributed by atoms with Crippen molar-refractivity contribution in [2.75, 3.05) is 19.5 Å². The molecular formula is C9H11FN2O2. The summed E-state index contributed by atoms with van der Waals surface area (Å²) in [6.45, 7) is 3.07. The highest BCUT2D eigenvalue weighted by molar-refractivity contribution is 5.62. The van der Waals surface area contributed by atoms with Crippen molar-refractivity contribution in [2.24, 2.45) is 0 Å². The molecule has 0 aliphatic carbocycles. The lowest BCUT2D eigenvalue weighted by atomic mass is 10.2. The van der Waals surface area contributed by atoms with Gasteiger partial charge in [-0.1, -0.05) is 0 Å². The quantitative estimate of drug-likeness (QED) is 0.348. The number of methoxy groups -OCH3 is 1. The minimum absolute atomic E-state index is 0.129. The molecule has 0 radical (unpaired) electrons. The van der Waals surface area contributed by atoms with Crippen molar-refractivity contribution in [3.05, 3.63) is 23.2 Å². The monoisotopic (exact) mass is 198 g/mol. The minimum Gasteiger partial charge on any atom is -0.619 e. The van der Waals surface area contributed by atoms with Crippen LogP contribution in [-0.2, 0) is 0 Å². The highest BCUT2D eigenvalue weighted by atomic mass is 19.1. The Balaban J connectivity index is 3.30. The van der Waals surface area contributed by atoms with Gasteiger partial charge in [-0.2, -0.15) is 9.13 Å². The molecule has 0 saturated heterocycles. The van der Waals surface area contributed by atoms with Crippen LogP contribution in [-0.4, -0.2) is 25.6 Å². The van der Waals surface area contributed by atoms with Gasteiger partial charge in [0.25, 0.3) is 5.69 Å². The Hall–Kier alpha value is -1.78. The summed E-state index contributed by atoms with van der Waals surface area (Å²) in [4.78, 5) is 0. The van der Waals surface area contributed by atoms with Gasteiger partial charge in [0.1, 0.15) is 12.5 Å². The number of nitrogens with one attached hydrogen (secondary N) is 1. The van der Waals surface area contributed by atoms with Gasteiger partial charge in [-0.15, -0.1) is 0 Å². The molecule has 0 unspecified atom stereocenters. The van der Waals surface area contributed by atoms with Crippen LogP contribution in [0.2, 0.25) is 0 Å². The van der Waals surface area contributed by atoms with Crippen LogP contribution >= 0.6 is 0 Å². The molecule has 1 N–H and O–H groups in total. The van der Waals surface area contributed by atoms with E-state index in [-0.39, 0.29) is 10.4 Å². The molecule has 76 valence electrons. The first-order chi connectivity index (χ1) is 6.60. The molecule has 0 aliphatic heterocycles. The first-order valence-corrected chi connectivity index (χ1v) is 3.93. The maximum Gasteiger partial charge on any atom is 0.254 e. The molecule has 14 heavy (non-hydrogen) atoms. The molecule has 0 aromatic heterocycles. The summed E-state index contributed by atoms with van der Waals surface area (Å²) < 4.78 is 18.3. The Morgan fingerprint density at radius 2 is 2.21 bits per heavy atom. The predicted octanol–water partition coefficient (Wildman–Crippen LogP) is 1.72. The van der Waals surface area contributed by atoms with Gasteiger partial charge in [0.05, 0.1) is 12.8 Å². The van der Waals surface area contributed by atoms with E-state index in [0.717, 1.165) is 6.07 Å². The fraction of sp³-hybridized carbons (Fsp3) is 0.222. The van der Waals surface area contributed by atoms with E-state index in [0.29, 0.717) is 11.4 Å². The normalized spacial score (nSPS) is 9.64. The van der Waals surface area contributed by atoms with Crippen molar-refractivity contribution in [1.29, 1.82) is 0 Å². The van der Waals surface area contributed by atoms with Crippen molar-refractivity contribution < 1.29 is 13.9 Å². The SMILES string of the molecule is C=[N+]([O-])c1cc(NC)c(OC)cc1F. The maximum absolute atomic E-state index is 13.2. The molecule has 0 saturated carbocycles. The van der Waals surface area contributed by atoms with Crippen LogP contribution in [0.3, 0.4) is 0 Å². The van der Waals surface area contributed by atoms with Crippen molar-refractivity contribution in [2.45, 2.75) is 0 Å². The lowest BCUT2D eigenvalue weighted by Crippen LogP contribution is -1.99. The Morgan fingerprint density at radius 3 is 2.64 bits per heavy atom. The molecule has 0 fully saturated rings. The van der Waals surface area contributed by atoms with Crippen LogP contribution in [0, 0.1) is 11.0 Å². The maximum atomic E-state index is 13.2. The van der Waals surface area contributed by atoms with Crippen molar-refractivity contribution in [1.82, 2.24) is 0 Å². The fourth-order valence-electron chi connectivity index (χ4n) is 1.10. The summed E-state index contributed by atoms with van der Waals surface area (Å²) in [5.41, 5.74) is 0.406. The number of nitrogens with zero attached hydrogens (tertiary/aromatic N) is 1. The lowest BCUT2D eigenvalue weighted by Gasteiger charge is -2.09. The molecule has 0 aliphatic rings. The van der Waals surface area contributed by atoms with E-state index >= 15 is 0 Å². The van der Waals surface area contributed by atoms with Crippen LogP contribution < -0.4 is 10.1 Å². The minimum atomic E-state index is -0.661. The Labute approximate surface area is 81.2 Å². The number of rotatable bonds is 3. The summed E-state index contributed by atoms with van der Waals surface area (Å²) in [6.07, 6.45) is 0. The van der Waals surface area contributed by atoms with Crippen LogP contribution in [0.25, 0.3) is 0 Å². The molecule has 0 amide bonds. The summed E-state index contributed by atoms with van der Waals surface area (Å²) >= 11 is 0. The van der Waals surface area contributed by atoms with E-state index in [2.05, 4.69) is 12.0 Å². The van der Waals surface area contributed by atoms with Gasteiger partial charge in [0.15, 0.2) is 5.82 Å². The average Bonchev–Trinajstić information content (AvgIpc) is 2.16. The van der Waals surface area contributed by atoms with Gasteiger partial charge in [-0.3, -0.25) is 0 Å². The fourth-order valence-corrected chi connectivity index (χ4v) is 1.10. The van der Waals surface area contributed by atoms with Crippen molar-refractivity contribution >= 4 is 18.1 Å². The Kier molecular flexibility index (Phi) is 2.91. The van der Waals surface area contributed by atoms with Gasteiger partial charge < -0.3 is 15.3 Å². The molecule has 4 nitrogen and oxygen atoms in total. The third-order valence-corrected chi connectivity index (χ3v) is 1.81. The summed E-state index contributed by atoms with van der Waals surface area (Å²) in [5.74, 6) is -0.318. The molecule has 1 rings (SSSR count). The number of hydrogen-bond acceptors (Lipinski definition) is 3. The standard InChI is InChI=1S/C9H11FN2O2/c1-11-7-5-8(12(2)13)6(10)4-9(7)14-3/h4-5,11H,2H2,1,3H3.